The summed E-state index contributed by atoms with van der Waals surface area (Å²) >= 11 is 3.38. The van der Waals surface area contributed by atoms with Crippen LogP contribution in [0.4, 0.5) is 0 Å². The molecule has 1 aromatic heterocycles. The first-order valence-corrected chi connectivity index (χ1v) is 6.26. The van der Waals surface area contributed by atoms with Gasteiger partial charge in [-0.05, 0) is 28.8 Å². The van der Waals surface area contributed by atoms with Crippen molar-refractivity contribution in [2.45, 2.75) is 39.2 Å². The highest BCUT2D eigenvalue weighted by Crippen LogP contribution is 2.31. The third-order valence-electron chi connectivity index (χ3n) is 3.06. The van der Waals surface area contributed by atoms with Crippen LogP contribution in [0.15, 0.2) is 10.7 Å². The molecule has 4 heteroatoms. The maximum atomic E-state index is 12.0. The van der Waals surface area contributed by atoms with Gasteiger partial charge in [-0.15, -0.1) is 0 Å². The first-order chi connectivity index (χ1) is 7.22. The van der Waals surface area contributed by atoms with E-state index >= 15 is 0 Å². The molecule has 1 aliphatic rings. The molecule has 0 N–H and O–H groups in total. The van der Waals surface area contributed by atoms with E-state index < -0.39 is 0 Å². The Balaban J connectivity index is 2.12. The van der Waals surface area contributed by atoms with Crippen molar-refractivity contribution >= 4 is 21.7 Å². The minimum atomic E-state index is 0.228. The average molecular weight is 271 g/mol. The van der Waals surface area contributed by atoms with Crippen molar-refractivity contribution in [1.29, 1.82) is 0 Å². The first-order valence-electron chi connectivity index (χ1n) is 5.47. The number of nitrogens with zero attached hydrogens (tertiary/aromatic N) is 2. The van der Waals surface area contributed by atoms with Gasteiger partial charge < -0.3 is 0 Å². The van der Waals surface area contributed by atoms with Gasteiger partial charge >= 0.3 is 0 Å². The summed E-state index contributed by atoms with van der Waals surface area (Å²) in [6.45, 7) is 2.75. The fourth-order valence-corrected chi connectivity index (χ4v) is 2.45. The molecule has 3 nitrogen and oxygen atoms in total. The lowest BCUT2D eigenvalue weighted by Gasteiger charge is -2.24. The molecule has 0 bridgehead atoms. The van der Waals surface area contributed by atoms with Gasteiger partial charge in [0.2, 0.25) is 0 Å². The van der Waals surface area contributed by atoms with Gasteiger partial charge in [0, 0.05) is 13.0 Å². The Morgan fingerprint density at radius 1 is 1.67 bits per heavy atom. The van der Waals surface area contributed by atoms with E-state index in [-0.39, 0.29) is 5.78 Å². The molecule has 0 aromatic carbocycles. The summed E-state index contributed by atoms with van der Waals surface area (Å²) in [7, 11) is 0. The summed E-state index contributed by atoms with van der Waals surface area (Å²) in [5.74, 6) is 0.843. The van der Waals surface area contributed by atoms with Gasteiger partial charge in [-0.2, -0.15) is 5.10 Å². The van der Waals surface area contributed by atoms with Gasteiger partial charge in [0.15, 0.2) is 5.78 Å². The Labute approximate surface area is 98.0 Å². The molecule has 0 amide bonds. The number of aromatic nitrogens is 2. The van der Waals surface area contributed by atoms with Crippen LogP contribution in [-0.4, -0.2) is 15.6 Å². The van der Waals surface area contributed by atoms with Crippen molar-refractivity contribution in [3.63, 3.8) is 0 Å². The zero-order chi connectivity index (χ0) is 10.8. The lowest BCUT2D eigenvalue weighted by molar-refractivity contribution is 0.0925. The number of Topliss-reactive ketones (excluding diaryl/α,β-unsaturated/α-hetero) is 1. The predicted molar refractivity (Wildman–Crippen MR) is 61.9 cm³/mol. The number of aryl methyl sites for hydroxylation is 1. The molecule has 0 unspecified atom stereocenters. The van der Waals surface area contributed by atoms with Crippen LogP contribution in [0.2, 0.25) is 0 Å². The summed E-state index contributed by atoms with van der Waals surface area (Å²) in [5, 5.41) is 4.16. The highest BCUT2D eigenvalue weighted by atomic mass is 79.9. The molecule has 0 aliphatic heterocycles. The third kappa shape index (κ3) is 2.14. The second-order valence-corrected chi connectivity index (χ2v) is 4.94. The minimum Gasteiger partial charge on any atom is -0.292 e. The highest BCUT2D eigenvalue weighted by molar-refractivity contribution is 9.10. The second-order valence-electron chi connectivity index (χ2n) is 4.08. The van der Waals surface area contributed by atoms with E-state index in [1.54, 1.807) is 10.9 Å². The summed E-state index contributed by atoms with van der Waals surface area (Å²) in [6.07, 6.45) is 6.10. The zero-order valence-electron chi connectivity index (χ0n) is 8.87. The summed E-state index contributed by atoms with van der Waals surface area (Å²) < 4.78 is 2.60. The number of rotatable bonds is 4. The van der Waals surface area contributed by atoms with Gasteiger partial charge in [-0.3, -0.25) is 9.48 Å². The molecule has 15 heavy (non-hydrogen) atoms. The van der Waals surface area contributed by atoms with Crippen molar-refractivity contribution in [2.75, 3.05) is 0 Å². The minimum absolute atomic E-state index is 0.228. The number of carbonyl (C=O) groups excluding carboxylic acids is 1. The monoisotopic (exact) mass is 270 g/mol. The van der Waals surface area contributed by atoms with E-state index in [0.29, 0.717) is 12.3 Å². The van der Waals surface area contributed by atoms with Crippen LogP contribution in [-0.2, 0) is 6.54 Å². The second kappa shape index (κ2) is 4.47. The van der Waals surface area contributed by atoms with Crippen LogP contribution < -0.4 is 0 Å². The maximum absolute atomic E-state index is 12.0. The molecule has 1 aromatic rings. The predicted octanol–water partition coefficient (Wildman–Crippen LogP) is 3.04. The number of hydrogen-bond donors (Lipinski definition) is 0. The number of hydrogen-bond acceptors (Lipinski definition) is 2. The Morgan fingerprint density at radius 3 is 2.93 bits per heavy atom. The van der Waals surface area contributed by atoms with E-state index in [0.717, 1.165) is 16.7 Å². The zero-order valence-corrected chi connectivity index (χ0v) is 10.5. The largest absolute Gasteiger partial charge is 0.292 e. The molecule has 0 radical (unpaired) electrons. The molecule has 1 aliphatic carbocycles. The molecule has 1 saturated carbocycles. The van der Waals surface area contributed by atoms with E-state index in [4.69, 9.17) is 0 Å². The van der Waals surface area contributed by atoms with Crippen molar-refractivity contribution in [3.05, 3.63) is 16.4 Å². The molecule has 82 valence electrons. The van der Waals surface area contributed by atoms with Gasteiger partial charge in [0.05, 0.1) is 10.7 Å². The first kappa shape index (κ1) is 10.9. The number of carbonyl (C=O) groups is 1. The summed E-state index contributed by atoms with van der Waals surface area (Å²) in [4.78, 5) is 12.0. The Morgan fingerprint density at radius 2 is 2.40 bits per heavy atom. The Kier molecular flexibility index (Phi) is 3.24. The molecule has 1 heterocycles. The van der Waals surface area contributed by atoms with Crippen LogP contribution in [0.1, 0.15) is 43.1 Å². The van der Waals surface area contributed by atoms with E-state index in [1.165, 1.54) is 19.3 Å². The highest BCUT2D eigenvalue weighted by Gasteiger charge is 2.24. The SMILES string of the molecule is CCn1ncc(Br)c1C(=O)CC1CCC1. The van der Waals surface area contributed by atoms with E-state index in [1.807, 2.05) is 6.92 Å². The van der Waals surface area contributed by atoms with Gasteiger partial charge in [-0.25, -0.2) is 0 Å². The molecule has 0 atom stereocenters. The fraction of sp³-hybridized carbons (Fsp3) is 0.636. The molecular formula is C11H15BrN2O. The number of halogens is 1. The lowest BCUT2D eigenvalue weighted by Crippen LogP contribution is -2.18. The van der Waals surface area contributed by atoms with E-state index in [9.17, 15) is 4.79 Å². The molecule has 1 fully saturated rings. The van der Waals surface area contributed by atoms with Crippen molar-refractivity contribution in [2.24, 2.45) is 5.92 Å². The van der Waals surface area contributed by atoms with Gasteiger partial charge in [0.1, 0.15) is 5.69 Å². The van der Waals surface area contributed by atoms with Gasteiger partial charge in [0.25, 0.3) is 0 Å². The van der Waals surface area contributed by atoms with Crippen LogP contribution in [0.25, 0.3) is 0 Å². The molecule has 0 saturated heterocycles. The third-order valence-corrected chi connectivity index (χ3v) is 3.64. The molecular weight excluding hydrogens is 256 g/mol. The van der Waals surface area contributed by atoms with E-state index in [2.05, 4.69) is 21.0 Å². The van der Waals surface area contributed by atoms with Crippen molar-refractivity contribution in [1.82, 2.24) is 9.78 Å². The van der Waals surface area contributed by atoms with Crippen LogP contribution in [0.3, 0.4) is 0 Å². The van der Waals surface area contributed by atoms with Gasteiger partial charge in [-0.1, -0.05) is 19.3 Å². The standard InChI is InChI=1S/C11H15BrN2O/c1-2-14-11(9(12)7-13-14)10(15)6-8-4-3-5-8/h7-8H,2-6H2,1H3. The van der Waals surface area contributed by atoms with Crippen LogP contribution in [0, 0.1) is 5.92 Å². The smallest absolute Gasteiger partial charge is 0.182 e. The molecule has 0 spiro atoms. The average Bonchev–Trinajstić information content (AvgIpc) is 2.53. The summed E-state index contributed by atoms with van der Waals surface area (Å²) in [6, 6.07) is 0. The van der Waals surface area contributed by atoms with Crippen LogP contribution in [0.5, 0.6) is 0 Å². The fourth-order valence-electron chi connectivity index (χ4n) is 1.94. The Hall–Kier alpha value is -0.640. The number of ketones is 1. The topological polar surface area (TPSA) is 34.9 Å². The van der Waals surface area contributed by atoms with Crippen molar-refractivity contribution < 1.29 is 4.79 Å². The normalized spacial score (nSPS) is 16.4. The lowest BCUT2D eigenvalue weighted by atomic mass is 9.81. The van der Waals surface area contributed by atoms with Crippen LogP contribution >= 0.6 is 15.9 Å². The molecule has 2 rings (SSSR count). The quantitative estimate of drug-likeness (QED) is 0.789. The summed E-state index contributed by atoms with van der Waals surface area (Å²) in [5.41, 5.74) is 0.740. The van der Waals surface area contributed by atoms with Crippen molar-refractivity contribution in [3.8, 4) is 0 Å². The maximum Gasteiger partial charge on any atom is 0.182 e. The Bertz CT molecular complexity index is 369.